The van der Waals surface area contributed by atoms with Gasteiger partial charge in [-0.3, -0.25) is 9.59 Å². The smallest absolute Gasteiger partial charge is 0.406 e. The first-order valence-electron chi connectivity index (χ1n) is 8.84. The molecule has 29 heavy (non-hydrogen) atoms. The second-order valence-corrected chi connectivity index (χ2v) is 6.62. The summed E-state index contributed by atoms with van der Waals surface area (Å²) < 4.78 is 54.1. The topological polar surface area (TPSA) is 49.9 Å². The Kier molecular flexibility index (Phi) is 5.76. The van der Waals surface area contributed by atoms with E-state index in [2.05, 4.69) is 4.74 Å². The molecule has 1 heterocycles. The number of aryl methyl sites for hydroxylation is 1. The first kappa shape index (κ1) is 20.6. The number of halogens is 4. The van der Waals surface area contributed by atoms with Gasteiger partial charge in [-0.05, 0) is 48.9 Å². The van der Waals surface area contributed by atoms with Gasteiger partial charge in [-0.25, -0.2) is 4.39 Å². The first-order chi connectivity index (χ1) is 13.6. The average Bonchev–Trinajstić information content (AvgIpc) is 2.68. The molecule has 0 aliphatic carbocycles. The second kappa shape index (κ2) is 8.10. The minimum absolute atomic E-state index is 0.222. The number of benzene rings is 2. The summed E-state index contributed by atoms with van der Waals surface area (Å²) >= 11 is 0. The van der Waals surface area contributed by atoms with E-state index in [1.165, 1.54) is 34.1 Å². The van der Waals surface area contributed by atoms with Crippen LogP contribution in [0, 0.1) is 12.7 Å². The maximum atomic E-state index is 13.7. The van der Waals surface area contributed by atoms with Gasteiger partial charge in [0.1, 0.15) is 11.6 Å². The van der Waals surface area contributed by atoms with E-state index in [-0.39, 0.29) is 49.1 Å². The third-order valence-electron chi connectivity index (χ3n) is 4.61. The van der Waals surface area contributed by atoms with E-state index in [9.17, 15) is 27.2 Å². The molecule has 1 saturated heterocycles. The van der Waals surface area contributed by atoms with Crippen LogP contribution < -0.4 is 4.74 Å². The van der Waals surface area contributed by atoms with Crippen LogP contribution in [0.2, 0.25) is 0 Å². The summed E-state index contributed by atoms with van der Waals surface area (Å²) in [4.78, 5) is 28.1. The number of piperazine rings is 1. The number of amides is 2. The first-order valence-corrected chi connectivity index (χ1v) is 8.84. The molecule has 0 radical (unpaired) electrons. The van der Waals surface area contributed by atoms with Crippen molar-refractivity contribution in [2.75, 3.05) is 26.2 Å². The Morgan fingerprint density at radius 2 is 1.34 bits per heavy atom. The monoisotopic (exact) mass is 410 g/mol. The average molecular weight is 410 g/mol. The molecule has 154 valence electrons. The summed E-state index contributed by atoms with van der Waals surface area (Å²) in [6.07, 6.45) is -4.80. The molecule has 9 heteroatoms. The fourth-order valence-corrected chi connectivity index (χ4v) is 3.00. The fourth-order valence-electron chi connectivity index (χ4n) is 3.00. The van der Waals surface area contributed by atoms with Gasteiger partial charge in [0.15, 0.2) is 0 Å². The van der Waals surface area contributed by atoms with Crippen molar-refractivity contribution in [1.29, 1.82) is 0 Å². The Labute approximate surface area is 164 Å². The van der Waals surface area contributed by atoms with Crippen LogP contribution in [-0.4, -0.2) is 54.2 Å². The molecule has 1 aliphatic rings. The molecule has 0 N–H and O–H groups in total. The van der Waals surface area contributed by atoms with Crippen LogP contribution in [-0.2, 0) is 0 Å². The van der Waals surface area contributed by atoms with Gasteiger partial charge in [0.25, 0.3) is 11.8 Å². The minimum Gasteiger partial charge on any atom is -0.406 e. The second-order valence-electron chi connectivity index (χ2n) is 6.62. The summed E-state index contributed by atoms with van der Waals surface area (Å²) in [5.74, 6) is -1.53. The highest BCUT2D eigenvalue weighted by atomic mass is 19.4. The Bertz CT molecular complexity index is 905. The van der Waals surface area contributed by atoms with Crippen molar-refractivity contribution in [3.63, 3.8) is 0 Å². The van der Waals surface area contributed by atoms with E-state index in [0.29, 0.717) is 5.56 Å². The molecule has 2 aromatic rings. The van der Waals surface area contributed by atoms with Gasteiger partial charge in [0, 0.05) is 37.3 Å². The van der Waals surface area contributed by atoms with Gasteiger partial charge in [0.2, 0.25) is 0 Å². The molecular formula is C20H18F4N2O3. The predicted octanol–water partition coefficient (Wildman–Crippen LogP) is 3.63. The van der Waals surface area contributed by atoms with Gasteiger partial charge in [-0.15, -0.1) is 13.2 Å². The number of hydrogen-bond acceptors (Lipinski definition) is 3. The van der Waals surface area contributed by atoms with Crippen LogP contribution in [0.25, 0.3) is 0 Å². The summed E-state index contributed by atoms with van der Waals surface area (Å²) in [7, 11) is 0. The summed E-state index contributed by atoms with van der Waals surface area (Å²) in [5.41, 5.74) is 0.914. The van der Waals surface area contributed by atoms with Crippen molar-refractivity contribution >= 4 is 11.8 Å². The van der Waals surface area contributed by atoms with Crippen LogP contribution in [0.1, 0.15) is 26.3 Å². The molecule has 0 aromatic heterocycles. The quantitative estimate of drug-likeness (QED) is 0.727. The number of hydrogen-bond donors (Lipinski definition) is 0. The molecule has 2 amide bonds. The highest BCUT2D eigenvalue weighted by Gasteiger charge is 2.31. The number of rotatable bonds is 3. The van der Waals surface area contributed by atoms with Crippen molar-refractivity contribution in [2.24, 2.45) is 0 Å². The van der Waals surface area contributed by atoms with Crippen LogP contribution in [0.15, 0.2) is 42.5 Å². The predicted molar refractivity (Wildman–Crippen MR) is 96.1 cm³/mol. The van der Waals surface area contributed by atoms with Gasteiger partial charge in [-0.2, -0.15) is 0 Å². The molecule has 1 aliphatic heterocycles. The molecule has 0 saturated carbocycles. The van der Waals surface area contributed by atoms with Gasteiger partial charge >= 0.3 is 6.36 Å². The lowest BCUT2D eigenvalue weighted by molar-refractivity contribution is -0.274. The fraction of sp³-hybridized carbons (Fsp3) is 0.300. The summed E-state index contributed by atoms with van der Waals surface area (Å²) in [6, 6.07) is 8.96. The Morgan fingerprint density at radius 3 is 1.83 bits per heavy atom. The normalized spacial score (nSPS) is 14.7. The zero-order valence-corrected chi connectivity index (χ0v) is 15.5. The van der Waals surface area contributed by atoms with E-state index < -0.39 is 17.9 Å². The van der Waals surface area contributed by atoms with Crippen molar-refractivity contribution in [1.82, 2.24) is 9.80 Å². The lowest BCUT2D eigenvalue weighted by Crippen LogP contribution is -2.50. The molecule has 5 nitrogen and oxygen atoms in total. The number of carbonyl (C=O) groups excluding carboxylic acids is 2. The SMILES string of the molecule is Cc1ccc(C(=O)N2CCN(C(=O)c3ccc(OC(F)(F)F)cc3)CC2)cc1F. The molecule has 0 atom stereocenters. The third-order valence-corrected chi connectivity index (χ3v) is 4.61. The molecule has 2 aromatic carbocycles. The number of carbonyl (C=O) groups is 2. The van der Waals surface area contributed by atoms with Gasteiger partial charge in [0.05, 0.1) is 0 Å². The van der Waals surface area contributed by atoms with E-state index in [1.54, 1.807) is 13.0 Å². The van der Waals surface area contributed by atoms with Gasteiger partial charge < -0.3 is 14.5 Å². The van der Waals surface area contributed by atoms with Gasteiger partial charge in [-0.1, -0.05) is 6.07 Å². The maximum Gasteiger partial charge on any atom is 0.573 e. The lowest BCUT2D eigenvalue weighted by atomic mass is 10.1. The summed E-state index contributed by atoms with van der Waals surface area (Å²) in [5, 5.41) is 0. The van der Waals surface area contributed by atoms with Crippen LogP contribution in [0.4, 0.5) is 17.6 Å². The Morgan fingerprint density at radius 1 is 0.862 bits per heavy atom. The lowest BCUT2D eigenvalue weighted by Gasteiger charge is -2.35. The van der Waals surface area contributed by atoms with Crippen LogP contribution in [0.5, 0.6) is 5.75 Å². The minimum atomic E-state index is -4.80. The third kappa shape index (κ3) is 5.04. The molecule has 0 spiro atoms. The van der Waals surface area contributed by atoms with E-state index >= 15 is 0 Å². The zero-order valence-electron chi connectivity index (χ0n) is 15.5. The van der Waals surface area contributed by atoms with E-state index in [1.807, 2.05) is 0 Å². The molecular weight excluding hydrogens is 392 g/mol. The van der Waals surface area contributed by atoms with E-state index in [0.717, 1.165) is 12.1 Å². The highest BCUT2D eigenvalue weighted by molar-refractivity contribution is 5.96. The zero-order chi connectivity index (χ0) is 21.2. The van der Waals surface area contributed by atoms with Crippen molar-refractivity contribution in [3.05, 3.63) is 65.0 Å². The van der Waals surface area contributed by atoms with Crippen LogP contribution >= 0.6 is 0 Å². The van der Waals surface area contributed by atoms with Crippen molar-refractivity contribution in [3.8, 4) is 5.75 Å². The van der Waals surface area contributed by atoms with E-state index in [4.69, 9.17) is 0 Å². The number of ether oxygens (including phenoxy) is 1. The molecule has 0 unspecified atom stereocenters. The van der Waals surface area contributed by atoms with Crippen molar-refractivity contribution in [2.45, 2.75) is 13.3 Å². The van der Waals surface area contributed by atoms with Crippen LogP contribution in [0.3, 0.4) is 0 Å². The number of alkyl halides is 3. The maximum absolute atomic E-state index is 13.7. The largest absolute Gasteiger partial charge is 0.573 e. The Balaban J connectivity index is 1.59. The molecule has 1 fully saturated rings. The van der Waals surface area contributed by atoms with Crippen molar-refractivity contribution < 1.29 is 31.9 Å². The molecule has 0 bridgehead atoms. The number of nitrogens with zero attached hydrogens (tertiary/aromatic N) is 2. The summed E-state index contributed by atoms with van der Waals surface area (Å²) in [6.45, 7) is 2.68. The molecule has 3 rings (SSSR count). The standard InChI is InChI=1S/C20H18F4N2O3/c1-13-2-3-15(12-17(13)21)19(28)26-10-8-25(9-11-26)18(27)14-4-6-16(7-5-14)29-20(22,23)24/h2-7,12H,8-11H2,1H3. The highest BCUT2D eigenvalue weighted by Crippen LogP contribution is 2.23. The Hall–Kier alpha value is -3.10.